The van der Waals surface area contributed by atoms with Gasteiger partial charge in [0.1, 0.15) is 0 Å². The summed E-state index contributed by atoms with van der Waals surface area (Å²) < 4.78 is 0. The first-order valence-corrected chi connectivity index (χ1v) is 5.14. The number of nitrogens with two attached hydrogens (primary N) is 1. The first-order valence-electron chi connectivity index (χ1n) is 5.14. The van der Waals surface area contributed by atoms with Gasteiger partial charge in [-0.15, -0.1) is 6.58 Å². The van der Waals surface area contributed by atoms with Crippen molar-refractivity contribution in [2.75, 3.05) is 26.2 Å². The van der Waals surface area contributed by atoms with E-state index in [2.05, 4.69) is 23.6 Å². The van der Waals surface area contributed by atoms with Crippen LogP contribution in [0.4, 0.5) is 0 Å². The van der Waals surface area contributed by atoms with Crippen LogP contribution in [-0.2, 0) is 0 Å². The lowest BCUT2D eigenvalue weighted by Crippen LogP contribution is -2.32. The van der Waals surface area contributed by atoms with E-state index >= 15 is 0 Å². The highest BCUT2D eigenvalue weighted by Crippen LogP contribution is 2.17. The van der Waals surface area contributed by atoms with Gasteiger partial charge in [-0.25, -0.2) is 0 Å². The molecule has 0 saturated carbocycles. The molecular formula is C11H20N2O. The Labute approximate surface area is 85.9 Å². The van der Waals surface area contributed by atoms with Gasteiger partial charge >= 0.3 is 0 Å². The molecule has 0 spiro atoms. The van der Waals surface area contributed by atoms with Gasteiger partial charge < -0.3 is 10.8 Å². The summed E-state index contributed by atoms with van der Waals surface area (Å²) in [4.78, 5) is 2.19. The third-order valence-corrected chi connectivity index (χ3v) is 2.50. The maximum Gasteiger partial charge on any atom is 0.0558 e. The Hall–Kier alpha value is -0.640. The fourth-order valence-electron chi connectivity index (χ4n) is 1.85. The van der Waals surface area contributed by atoms with Crippen molar-refractivity contribution in [2.45, 2.75) is 12.5 Å². The summed E-state index contributed by atoms with van der Waals surface area (Å²) in [6, 6.07) is 0.222. The minimum absolute atomic E-state index is 0.205. The minimum atomic E-state index is 0.205. The molecule has 80 valence electrons. The summed E-state index contributed by atoms with van der Waals surface area (Å²) in [6.07, 6.45) is 7.14. The predicted octanol–water partition coefficient (Wildman–Crippen LogP) is 0.370. The topological polar surface area (TPSA) is 49.5 Å². The van der Waals surface area contributed by atoms with Gasteiger partial charge in [0.2, 0.25) is 0 Å². The molecule has 0 heterocycles. The molecule has 0 aromatic carbocycles. The molecule has 1 rings (SSSR count). The second-order valence-corrected chi connectivity index (χ2v) is 3.82. The third kappa shape index (κ3) is 3.62. The van der Waals surface area contributed by atoms with Crippen LogP contribution >= 0.6 is 0 Å². The molecule has 3 N–H and O–H groups in total. The molecule has 0 radical (unpaired) electrons. The highest BCUT2D eigenvalue weighted by Gasteiger charge is 2.17. The molecule has 0 bridgehead atoms. The Balaban J connectivity index is 2.31. The molecule has 3 heteroatoms. The standard InChI is InChI=1S/C11H20N2O/c1-2-5-13(6-7-14)9-10-3-4-11(12)8-10/h2-4,10-11,14H,1,5-9,12H2. The van der Waals surface area contributed by atoms with Gasteiger partial charge in [0.05, 0.1) is 6.61 Å². The van der Waals surface area contributed by atoms with E-state index in [4.69, 9.17) is 10.8 Å². The molecule has 0 aromatic heterocycles. The Morgan fingerprint density at radius 1 is 1.57 bits per heavy atom. The van der Waals surface area contributed by atoms with E-state index in [0.29, 0.717) is 12.5 Å². The van der Waals surface area contributed by atoms with Gasteiger partial charge in [-0.3, -0.25) is 4.90 Å². The van der Waals surface area contributed by atoms with Crippen molar-refractivity contribution in [2.24, 2.45) is 11.7 Å². The van der Waals surface area contributed by atoms with Crippen LogP contribution in [0.5, 0.6) is 0 Å². The fraction of sp³-hybridized carbons (Fsp3) is 0.636. The highest BCUT2D eigenvalue weighted by atomic mass is 16.3. The van der Waals surface area contributed by atoms with Crippen molar-refractivity contribution in [3.05, 3.63) is 24.8 Å². The normalized spacial score (nSPS) is 25.9. The van der Waals surface area contributed by atoms with Crippen molar-refractivity contribution in [3.8, 4) is 0 Å². The summed E-state index contributed by atoms with van der Waals surface area (Å²) in [7, 11) is 0. The monoisotopic (exact) mass is 196 g/mol. The lowest BCUT2D eigenvalue weighted by atomic mass is 10.1. The molecule has 3 nitrogen and oxygen atoms in total. The van der Waals surface area contributed by atoms with Gasteiger partial charge in [0.25, 0.3) is 0 Å². The van der Waals surface area contributed by atoms with E-state index < -0.39 is 0 Å². The van der Waals surface area contributed by atoms with Crippen molar-refractivity contribution in [3.63, 3.8) is 0 Å². The van der Waals surface area contributed by atoms with Gasteiger partial charge in [0, 0.05) is 25.7 Å². The summed E-state index contributed by atoms with van der Waals surface area (Å²) in [5, 5.41) is 8.87. The number of hydrogen-bond donors (Lipinski definition) is 2. The van der Waals surface area contributed by atoms with E-state index in [0.717, 1.165) is 19.5 Å². The largest absolute Gasteiger partial charge is 0.395 e. The number of aliphatic hydroxyl groups is 1. The molecule has 1 aliphatic carbocycles. The molecule has 0 aromatic rings. The molecule has 2 unspecified atom stereocenters. The number of aliphatic hydroxyl groups excluding tert-OH is 1. The van der Waals surface area contributed by atoms with Crippen LogP contribution in [-0.4, -0.2) is 42.3 Å². The number of hydrogen-bond acceptors (Lipinski definition) is 3. The molecule has 0 saturated heterocycles. The second kappa shape index (κ2) is 5.96. The van der Waals surface area contributed by atoms with Gasteiger partial charge in [-0.05, 0) is 12.3 Å². The van der Waals surface area contributed by atoms with E-state index in [1.165, 1.54) is 0 Å². The van der Waals surface area contributed by atoms with E-state index in [1.807, 2.05) is 6.08 Å². The maximum atomic E-state index is 8.87. The Morgan fingerprint density at radius 2 is 2.36 bits per heavy atom. The second-order valence-electron chi connectivity index (χ2n) is 3.82. The third-order valence-electron chi connectivity index (χ3n) is 2.50. The van der Waals surface area contributed by atoms with E-state index in [9.17, 15) is 0 Å². The minimum Gasteiger partial charge on any atom is -0.395 e. The molecule has 0 amide bonds. The Kier molecular flexibility index (Phi) is 4.87. The van der Waals surface area contributed by atoms with Crippen LogP contribution in [0.25, 0.3) is 0 Å². The average molecular weight is 196 g/mol. The molecular weight excluding hydrogens is 176 g/mol. The van der Waals surface area contributed by atoms with Crippen LogP contribution in [0.2, 0.25) is 0 Å². The maximum absolute atomic E-state index is 8.87. The Morgan fingerprint density at radius 3 is 2.86 bits per heavy atom. The van der Waals surface area contributed by atoms with Gasteiger partial charge in [-0.2, -0.15) is 0 Å². The zero-order valence-electron chi connectivity index (χ0n) is 8.60. The molecule has 14 heavy (non-hydrogen) atoms. The Bertz CT molecular complexity index is 203. The number of rotatable bonds is 6. The zero-order valence-corrected chi connectivity index (χ0v) is 8.60. The van der Waals surface area contributed by atoms with Crippen molar-refractivity contribution < 1.29 is 5.11 Å². The lowest BCUT2D eigenvalue weighted by Gasteiger charge is -2.22. The average Bonchev–Trinajstić information content (AvgIpc) is 2.52. The molecule has 1 aliphatic rings. The summed E-state index contributed by atoms with van der Waals surface area (Å²) in [5.41, 5.74) is 5.77. The van der Waals surface area contributed by atoms with Crippen LogP contribution < -0.4 is 5.73 Å². The SMILES string of the molecule is C=CCN(CCO)CC1C=CC(N)C1. The lowest BCUT2D eigenvalue weighted by molar-refractivity contribution is 0.195. The summed E-state index contributed by atoms with van der Waals surface area (Å²) >= 11 is 0. The fourth-order valence-corrected chi connectivity index (χ4v) is 1.85. The quantitative estimate of drug-likeness (QED) is 0.603. The zero-order chi connectivity index (χ0) is 10.4. The first kappa shape index (κ1) is 11.4. The molecule has 0 aliphatic heterocycles. The predicted molar refractivity (Wildman–Crippen MR) is 58.9 cm³/mol. The van der Waals surface area contributed by atoms with Crippen LogP contribution in [0, 0.1) is 5.92 Å². The van der Waals surface area contributed by atoms with Crippen LogP contribution in [0.3, 0.4) is 0 Å². The van der Waals surface area contributed by atoms with Crippen molar-refractivity contribution in [1.82, 2.24) is 4.90 Å². The highest BCUT2D eigenvalue weighted by molar-refractivity contribution is 5.05. The van der Waals surface area contributed by atoms with Crippen molar-refractivity contribution in [1.29, 1.82) is 0 Å². The summed E-state index contributed by atoms with van der Waals surface area (Å²) in [5.74, 6) is 0.538. The molecule has 0 fully saturated rings. The van der Waals surface area contributed by atoms with Gasteiger partial charge in [0.15, 0.2) is 0 Å². The smallest absolute Gasteiger partial charge is 0.0558 e. The number of nitrogens with zero attached hydrogens (tertiary/aromatic N) is 1. The van der Waals surface area contributed by atoms with Crippen molar-refractivity contribution >= 4 is 0 Å². The van der Waals surface area contributed by atoms with Gasteiger partial charge in [-0.1, -0.05) is 18.2 Å². The summed E-state index contributed by atoms with van der Waals surface area (Å²) in [6.45, 7) is 6.43. The van der Waals surface area contributed by atoms with E-state index in [1.54, 1.807) is 0 Å². The van der Waals surface area contributed by atoms with Crippen LogP contribution in [0.15, 0.2) is 24.8 Å². The van der Waals surface area contributed by atoms with Crippen LogP contribution in [0.1, 0.15) is 6.42 Å². The first-order chi connectivity index (χ1) is 6.76. The molecule has 2 atom stereocenters. The van der Waals surface area contributed by atoms with E-state index in [-0.39, 0.29) is 12.6 Å².